The van der Waals surface area contributed by atoms with E-state index in [1.807, 2.05) is 32.6 Å². The number of rotatable bonds is 7. The summed E-state index contributed by atoms with van der Waals surface area (Å²) in [5.74, 6) is 0.711. The maximum absolute atomic E-state index is 12.0. The van der Waals surface area contributed by atoms with Crippen LogP contribution in [0.15, 0.2) is 0 Å². The van der Waals surface area contributed by atoms with Crippen molar-refractivity contribution >= 4 is 5.91 Å². The molecule has 0 spiro atoms. The highest BCUT2D eigenvalue weighted by Crippen LogP contribution is 2.11. The van der Waals surface area contributed by atoms with Gasteiger partial charge in [-0.3, -0.25) is 4.79 Å². The second-order valence-corrected chi connectivity index (χ2v) is 5.52. The van der Waals surface area contributed by atoms with Crippen molar-refractivity contribution in [2.45, 2.75) is 60.0 Å². The van der Waals surface area contributed by atoms with Crippen LogP contribution in [0.25, 0.3) is 0 Å². The highest BCUT2D eigenvalue weighted by Gasteiger charge is 2.18. The van der Waals surface area contributed by atoms with Gasteiger partial charge < -0.3 is 9.64 Å². The third kappa shape index (κ3) is 7.37. The Hall–Kier alpha value is -0.570. The van der Waals surface area contributed by atoms with Crippen molar-refractivity contribution in [1.82, 2.24) is 4.90 Å². The van der Waals surface area contributed by atoms with Crippen LogP contribution in [0, 0.1) is 5.92 Å². The number of amides is 1. The summed E-state index contributed by atoms with van der Waals surface area (Å²) in [5, 5.41) is 0. The Balaban J connectivity index is 4.21. The van der Waals surface area contributed by atoms with Gasteiger partial charge in [-0.1, -0.05) is 26.7 Å². The number of carbonyl (C=O) groups excluding carboxylic acids is 1. The quantitative estimate of drug-likeness (QED) is 0.687. The fourth-order valence-electron chi connectivity index (χ4n) is 1.64. The first kappa shape index (κ1) is 16.4. The molecule has 0 aromatic heterocycles. The van der Waals surface area contributed by atoms with E-state index in [1.165, 1.54) is 0 Å². The molecule has 1 amide bonds. The summed E-state index contributed by atoms with van der Waals surface area (Å²) in [6, 6.07) is 0. The van der Waals surface area contributed by atoms with E-state index in [2.05, 4.69) is 13.8 Å². The molecule has 0 unspecified atom stereocenters. The Morgan fingerprint density at radius 1 is 1.18 bits per heavy atom. The SMILES string of the molecule is CCC(CC)CN(CC)C(=O)COC(C)(C)C. The highest BCUT2D eigenvalue weighted by molar-refractivity contribution is 5.77. The van der Waals surface area contributed by atoms with Crippen LogP contribution >= 0.6 is 0 Å². The Morgan fingerprint density at radius 3 is 2.06 bits per heavy atom. The average Bonchev–Trinajstić information content (AvgIpc) is 2.27. The van der Waals surface area contributed by atoms with Crippen LogP contribution in [0.1, 0.15) is 54.4 Å². The molecule has 0 rings (SSSR count). The smallest absolute Gasteiger partial charge is 0.248 e. The number of nitrogens with zero attached hydrogens (tertiary/aromatic N) is 1. The zero-order valence-corrected chi connectivity index (χ0v) is 12.4. The van der Waals surface area contributed by atoms with Gasteiger partial charge >= 0.3 is 0 Å². The largest absolute Gasteiger partial charge is 0.366 e. The van der Waals surface area contributed by atoms with E-state index in [0.29, 0.717) is 5.92 Å². The lowest BCUT2D eigenvalue weighted by atomic mass is 10.0. The number of ether oxygens (including phenoxy) is 1. The first-order valence-corrected chi connectivity index (χ1v) is 6.75. The molecule has 0 N–H and O–H groups in total. The molecular weight excluding hydrogens is 214 g/mol. The lowest BCUT2D eigenvalue weighted by molar-refractivity contribution is -0.141. The summed E-state index contributed by atoms with van der Waals surface area (Å²) < 4.78 is 5.53. The van der Waals surface area contributed by atoms with Crippen LogP contribution in [-0.2, 0) is 9.53 Å². The molecule has 102 valence electrons. The van der Waals surface area contributed by atoms with Gasteiger partial charge in [-0.25, -0.2) is 0 Å². The van der Waals surface area contributed by atoms with Crippen LogP contribution in [-0.4, -0.2) is 36.1 Å². The lowest BCUT2D eigenvalue weighted by Crippen LogP contribution is -2.39. The molecule has 0 bridgehead atoms. The van der Waals surface area contributed by atoms with Gasteiger partial charge in [0.1, 0.15) is 6.61 Å². The van der Waals surface area contributed by atoms with Crippen molar-refractivity contribution in [2.75, 3.05) is 19.7 Å². The summed E-state index contributed by atoms with van der Waals surface area (Å²) in [5.41, 5.74) is -0.246. The van der Waals surface area contributed by atoms with E-state index >= 15 is 0 Å². The van der Waals surface area contributed by atoms with Crippen LogP contribution in [0.3, 0.4) is 0 Å². The van der Waals surface area contributed by atoms with Crippen LogP contribution < -0.4 is 0 Å². The minimum atomic E-state index is -0.246. The third-order valence-corrected chi connectivity index (χ3v) is 3.00. The molecule has 0 aromatic rings. The number of carbonyl (C=O) groups is 1. The van der Waals surface area contributed by atoms with Crippen molar-refractivity contribution in [3.8, 4) is 0 Å². The van der Waals surface area contributed by atoms with E-state index in [9.17, 15) is 4.79 Å². The third-order valence-electron chi connectivity index (χ3n) is 3.00. The summed E-state index contributed by atoms with van der Waals surface area (Å²) in [4.78, 5) is 13.9. The highest BCUT2D eigenvalue weighted by atomic mass is 16.5. The molecule has 0 radical (unpaired) electrons. The number of hydrogen-bond donors (Lipinski definition) is 0. The zero-order chi connectivity index (χ0) is 13.5. The van der Waals surface area contributed by atoms with Crippen molar-refractivity contribution in [2.24, 2.45) is 5.92 Å². The minimum absolute atomic E-state index is 0.106. The molecule has 17 heavy (non-hydrogen) atoms. The van der Waals surface area contributed by atoms with Gasteiger partial charge in [0.05, 0.1) is 5.60 Å². The number of likely N-dealkylation sites (N-methyl/N-ethyl adjacent to an activating group) is 1. The lowest BCUT2D eigenvalue weighted by Gasteiger charge is -2.27. The molecule has 3 nitrogen and oxygen atoms in total. The van der Waals surface area contributed by atoms with Crippen LogP contribution in [0.2, 0.25) is 0 Å². The summed E-state index contributed by atoms with van der Waals surface area (Å²) in [7, 11) is 0. The monoisotopic (exact) mass is 243 g/mol. The van der Waals surface area contributed by atoms with Gasteiger partial charge in [0.15, 0.2) is 0 Å². The maximum Gasteiger partial charge on any atom is 0.248 e. The molecule has 3 heteroatoms. The van der Waals surface area contributed by atoms with Crippen LogP contribution in [0.5, 0.6) is 0 Å². The average molecular weight is 243 g/mol. The Bertz CT molecular complexity index is 217. The van der Waals surface area contributed by atoms with E-state index < -0.39 is 0 Å². The van der Waals surface area contributed by atoms with Gasteiger partial charge in [-0.05, 0) is 33.6 Å². The molecule has 0 heterocycles. The van der Waals surface area contributed by atoms with Gasteiger partial charge in [0, 0.05) is 13.1 Å². The second kappa shape index (κ2) is 7.70. The molecule has 0 aromatic carbocycles. The van der Waals surface area contributed by atoms with Crippen LogP contribution in [0.4, 0.5) is 0 Å². The topological polar surface area (TPSA) is 29.5 Å². The summed E-state index contributed by atoms with van der Waals surface area (Å²) in [6.45, 7) is 14.1. The number of hydrogen-bond acceptors (Lipinski definition) is 2. The van der Waals surface area contributed by atoms with Crippen molar-refractivity contribution < 1.29 is 9.53 Å². The van der Waals surface area contributed by atoms with E-state index in [-0.39, 0.29) is 18.1 Å². The van der Waals surface area contributed by atoms with Crippen molar-refractivity contribution in [3.63, 3.8) is 0 Å². The van der Waals surface area contributed by atoms with Gasteiger partial charge in [-0.15, -0.1) is 0 Å². The zero-order valence-electron chi connectivity index (χ0n) is 12.4. The first-order valence-electron chi connectivity index (χ1n) is 6.75. The molecule has 0 saturated carbocycles. The van der Waals surface area contributed by atoms with Gasteiger partial charge in [0.25, 0.3) is 0 Å². The first-order chi connectivity index (χ1) is 7.84. The second-order valence-electron chi connectivity index (χ2n) is 5.52. The molecule has 0 fully saturated rings. The van der Waals surface area contributed by atoms with Gasteiger partial charge in [-0.2, -0.15) is 0 Å². The Morgan fingerprint density at radius 2 is 1.71 bits per heavy atom. The van der Waals surface area contributed by atoms with E-state index in [1.54, 1.807) is 0 Å². The fourth-order valence-corrected chi connectivity index (χ4v) is 1.64. The Labute approximate surface area is 107 Å². The molecule has 0 atom stereocenters. The van der Waals surface area contributed by atoms with E-state index in [0.717, 1.165) is 25.9 Å². The predicted molar refractivity (Wildman–Crippen MR) is 72.0 cm³/mol. The standard InChI is InChI=1S/C14H29NO2/c1-7-12(8-2)10-15(9-3)13(16)11-17-14(4,5)6/h12H,7-11H2,1-6H3. The summed E-state index contributed by atoms with van der Waals surface area (Å²) >= 11 is 0. The van der Waals surface area contributed by atoms with Gasteiger partial charge in [0.2, 0.25) is 5.91 Å². The normalized spacial score (nSPS) is 11.9. The molecule has 0 aliphatic heterocycles. The maximum atomic E-state index is 12.0. The van der Waals surface area contributed by atoms with E-state index in [4.69, 9.17) is 4.74 Å². The molecule has 0 aliphatic carbocycles. The Kier molecular flexibility index (Phi) is 7.44. The van der Waals surface area contributed by atoms with Crippen molar-refractivity contribution in [3.05, 3.63) is 0 Å². The molecular formula is C14H29NO2. The molecule has 0 aliphatic rings. The minimum Gasteiger partial charge on any atom is -0.366 e. The predicted octanol–water partition coefficient (Wildman–Crippen LogP) is 3.09. The molecule has 0 saturated heterocycles. The fraction of sp³-hybridized carbons (Fsp3) is 0.929. The summed E-state index contributed by atoms with van der Waals surface area (Å²) in [6.07, 6.45) is 2.25. The van der Waals surface area contributed by atoms with Crippen molar-refractivity contribution in [1.29, 1.82) is 0 Å².